The van der Waals surface area contributed by atoms with E-state index in [4.69, 9.17) is 4.74 Å². The molecular weight excluding hydrogens is 529 g/mol. The minimum absolute atomic E-state index is 0.0346. The standard InChI is InChI=1S/C31H28F5NO3/c1-18-5-13-22(14-6-18)39-30(38)24-17-27(28-25(32)3-2-4-26(28)33)37-29(24)21-9-7-19(8-10-21)20-11-15-23(16-12-20)40-31(34,35)36/h2-4,7-12,15-16,18,22,24,29H,5-6,13-14,17H2,1H3/t18?,22?,24-,29-/m0/s1. The molecule has 40 heavy (non-hydrogen) atoms. The van der Waals surface area contributed by atoms with Crippen molar-refractivity contribution in [2.24, 2.45) is 16.8 Å². The first-order chi connectivity index (χ1) is 19.1. The van der Waals surface area contributed by atoms with Crippen LogP contribution in [-0.2, 0) is 9.53 Å². The highest BCUT2D eigenvalue weighted by molar-refractivity contribution is 6.04. The van der Waals surface area contributed by atoms with Crippen LogP contribution in [0.15, 0.2) is 71.7 Å². The number of alkyl halides is 3. The summed E-state index contributed by atoms with van der Waals surface area (Å²) in [5, 5.41) is 0. The molecule has 9 heteroatoms. The van der Waals surface area contributed by atoms with Crippen molar-refractivity contribution in [1.82, 2.24) is 0 Å². The van der Waals surface area contributed by atoms with Gasteiger partial charge in [-0.1, -0.05) is 49.4 Å². The van der Waals surface area contributed by atoms with Crippen molar-refractivity contribution < 1.29 is 36.2 Å². The number of halogens is 5. The van der Waals surface area contributed by atoms with E-state index in [0.29, 0.717) is 17.0 Å². The van der Waals surface area contributed by atoms with Gasteiger partial charge in [0.15, 0.2) is 0 Å². The van der Waals surface area contributed by atoms with E-state index >= 15 is 0 Å². The molecule has 0 N–H and O–H groups in total. The summed E-state index contributed by atoms with van der Waals surface area (Å²) in [4.78, 5) is 18.0. The summed E-state index contributed by atoms with van der Waals surface area (Å²) < 4.78 is 76.4. The second kappa shape index (κ2) is 11.4. The van der Waals surface area contributed by atoms with E-state index in [9.17, 15) is 26.7 Å². The Hall–Kier alpha value is -3.75. The molecule has 0 spiro atoms. The molecule has 2 atom stereocenters. The minimum Gasteiger partial charge on any atom is -0.462 e. The molecule has 3 aromatic carbocycles. The van der Waals surface area contributed by atoms with Gasteiger partial charge in [0.05, 0.1) is 17.5 Å². The van der Waals surface area contributed by atoms with Gasteiger partial charge in [-0.2, -0.15) is 0 Å². The number of hydrogen-bond donors (Lipinski definition) is 0. The maximum Gasteiger partial charge on any atom is 0.573 e. The molecule has 0 aromatic heterocycles. The summed E-state index contributed by atoms with van der Waals surface area (Å²) in [5.74, 6) is -2.43. The molecule has 1 aliphatic carbocycles. The summed E-state index contributed by atoms with van der Waals surface area (Å²) in [6.07, 6.45) is -1.43. The first-order valence-corrected chi connectivity index (χ1v) is 13.2. The molecule has 0 radical (unpaired) electrons. The molecule has 0 amide bonds. The molecule has 0 bridgehead atoms. The van der Waals surface area contributed by atoms with Gasteiger partial charge in [-0.3, -0.25) is 9.79 Å². The van der Waals surface area contributed by atoms with Crippen LogP contribution in [-0.4, -0.2) is 24.1 Å². The van der Waals surface area contributed by atoms with E-state index in [2.05, 4.69) is 16.7 Å². The van der Waals surface area contributed by atoms with Crippen molar-refractivity contribution in [3.05, 3.63) is 89.5 Å². The SMILES string of the molecule is CC1CCC(OC(=O)[C@H]2CC(c3c(F)cccc3F)=N[C@H]2c2ccc(-c3ccc(OC(F)(F)F)cc3)cc2)CC1. The molecule has 210 valence electrons. The van der Waals surface area contributed by atoms with Crippen LogP contribution >= 0.6 is 0 Å². The summed E-state index contributed by atoms with van der Waals surface area (Å²) in [5.41, 5.74) is 1.97. The molecule has 1 fully saturated rings. The number of carbonyl (C=O) groups is 1. The highest BCUT2D eigenvalue weighted by Crippen LogP contribution is 2.40. The van der Waals surface area contributed by atoms with Crippen molar-refractivity contribution in [2.75, 3.05) is 0 Å². The fraction of sp³-hybridized carbons (Fsp3) is 0.355. The molecule has 3 aromatic rings. The molecule has 1 heterocycles. The number of esters is 1. The Balaban J connectivity index is 1.40. The van der Waals surface area contributed by atoms with Gasteiger partial charge in [-0.25, -0.2) is 8.78 Å². The third-order valence-corrected chi connectivity index (χ3v) is 7.56. The zero-order valence-electron chi connectivity index (χ0n) is 21.8. The van der Waals surface area contributed by atoms with Gasteiger partial charge in [0.2, 0.25) is 0 Å². The van der Waals surface area contributed by atoms with Crippen LogP contribution < -0.4 is 4.74 Å². The molecule has 0 saturated heterocycles. The van der Waals surface area contributed by atoms with E-state index in [0.717, 1.165) is 43.4 Å². The van der Waals surface area contributed by atoms with Crippen LogP contribution in [0.5, 0.6) is 5.75 Å². The molecule has 5 rings (SSSR count). The number of rotatable bonds is 6. The van der Waals surface area contributed by atoms with Crippen LogP contribution in [0.2, 0.25) is 0 Å². The number of hydrogen-bond acceptors (Lipinski definition) is 4. The maximum atomic E-state index is 14.6. The number of aliphatic imine (C=N–C) groups is 1. The van der Waals surface area contributed by atoms with Gasteiger partial charge in [0.25, 0.3) is 0 Å². The van der Waals surface area contributed by atoms with Gasteiger partial charge in [-0.15, -0.1) is 13.2 Å². The number of nitrogens with zero attached hydrogens (tertiary/aromatic N) is 1. The van der Waals surface area contributed by atoms with Crippen molar-refractivity contribution in [3.63, 3.8) is 0 Å². The summed E-state index contributed by atoms with van der Waals surface area (Å²) >= 11 is 0. The Morgan fingerprint density at radius 2 is 1.43 bits per heavy atom. The van der Waals surface area contributed by atoms with Crippen LogP contribution in [0.25, 0.3) is 11.1 Å². The highest BCUT2D eigenvalue weighted by Gasteiger charge is 2.40. The predicted molar refractivity (Wildman–Crippen MR) is 140 cm³/mol. The Labute approximate surface area is 228 Å². The van der Waals surface area contributed by atoms with Crippen molar-refractivity contribution >= 4 is 11.7 Å². The van der Waals surface area contributed by atoms with Gasteiger partial charge in [0.1, 0.15) is 23.5 Å². The minimum atomic E-state index is -4.78. The largest absolute Gasteiger partial charge is 0.573 e. The second-order valence-corrected chi connectivity index (χ2v) is 10.4. The van der Waals surface area contributed by atoms with Crippen LogP contribution in [0.3, 0.4) is 0 Å². The van der Waals surface area contributed by atoms with Crippen molar-refractivity contribution in [2.45, 2.75) is 57.5 Å². The molecule has 1 saturated carbocycles. The first kappa shape index (κ1) is 27.8. The fourth-order valence-corrected chi connectivity index (χ4v) is 5.41. The average molecular weight is 558 g/mol. The Morgan fingerprint density at radius 3 is 2.00 bits per heavy atom. The highest BCUT2D eigenvalue weighted by atomic mass is 19.4. The summed E-state index contributed by atoms with van der Waals surface area (Å²) in [6.45, 7) is 2.17. The van der Waals surface area contributed by atoms with Gasteiger partial charge < -0.3 is 9.47 Å². The monoisotopic (exact) mass is 557 g/mol. The smallest absolute Gasteiger partial charge is 0.462 e. The first-order valence-electron chi connectivity index (χ1n) is 13.2. The lowest BCUT2D eigenvalue weighted by atomic mass is 9.88. The fourth-order valence-electron chi connectivity index (χ4n) is 5.41. The average Bonchev–Trinajstić information content (AvgIpc) is 3.35. The Bertz CT molecular complexity index is 1360. The number of benzene rings is 3. The molecule has 4 nitrogen and oxygen atoms in total. The summed E-state index contributed by atoms with van der Waals surface area (Å²) in [7, 11) is 0. The molecular formula is C31H28F5NO3. The normalized spacial score (nSPS) is 23.0. The lowest BCUT2D eigenvalue weighted by molar-refractivity contribution is -0.274. The van der Waals surface area contributed by atoms with E-state index in [1.807, 2.05) is 0 Å². The van der Waals surface area contributed by atoms with Gasteiger partial charge in [-0.05, 0) is 72.6 Å². The van der Waals surface area contributed by atoms with Gasteiger partial charge >= 0.3 is 12.3 Å². The Kier molecular flexibility index (Phi) is 7.92. The van der Waals surface area contributed by atoms with Crippen LogP contribution in [0, 0.1) is 23.5 Å². The van der Waals surface area contributed by atoms with Crippen LogP contribution in [0.1, 0.15) is 56.2 Å². The number of ether oxygens (including phenoxy) is 2. The topological polar surface area (TPSA) is 47.9 Å². The van der Waals surface area contributed by atoms with Gasteiger partial charge in [0, 0.05) is 12.1 Å². The lowest BCUT2D eigenvalue weighted by Gasteiger charge is -2.28. The second-order valence-electron chi connectivity index (χ2n) is 10.4. The lowest BCUT2D eigenvalue weighted by Crippen LogP contribution is -2.29. The predicted octanol–water partition coefficient (Wildman–Crippen LogP) is 8.20. The molecule has 1 aliphatic heterocycles. The number of carbonyl (C=O) groups excluding carboxylic acids is 1. The zero-order chi connectivity index (χ0) is 28.4. The summed E-state index contributed by atoms with van der Waals surface area (Å²) in [6, 6.07) is 15.4. The van der Waals surface area contributed by atoms with Crippen molar-refractivity contribution in [3.8, 4) is 16.9 Å². The van der Waals surface area contributed by atoms with E-state index in [1.165, 1.54) is 30.3 Å². The van der Waals surface area contributed by atoms with E-state index < -0.39 is 35.9 Å². The molecule has 2 aliphatic rings. The molecule has 0 unspecified atom stereocenters. The zero-order valence-corrected chi connectivity index (χ0v) is 21.8. The van der Waals surface area contributed by atoms with Crippen molar-refractivity contribution in [1.29, 1.82) is 0 Å². The van der Waals surface area contributed by atoms with E-state index in [-0.39, 0.29) is 29.5 Å². The quantitative estimate of drug-likeness (QED) is 0.227. The third kappa shape index (κ3) is 6.35. The maximum absolute atomic E-state index is 14.6. The van der Waals surface area contributed by atoms with Crippen LogP contribution in [0.4, 0.5) is 22.0 Å². The Morgan fingerprint density at radius 1 is 0.850 bits per heavy atom. The van der Waals surface area contributed by atoms with E-state index in [1.54, 1.807) is 24.3 Å². The third-order valence-electron chi connectivity index (χ3n) is 7.56.